The van der Waals surface area contributed by atoms with Crippen molar-refractivity contribution in [2.24, 2.45) is 0 Å². The zero-order valence-electron chi connectivity index (χ0n) is 15.2. The van der Waals surface area contributed by atoms with E-state index >= 15 is 0 Å². The number of carboxylic acid groups (broad SMARTS) is 1. The van der Waals surface area contributed by atoms with E-state index in [1.54, 1.807) is 18.2 Å². The minimum absolute atomic E-state index is 0.00529. The maximum absolute atomic E-state index is 12.3. The Morgan fingerprint density at radius 3 is 2.54 bits per heavy atom. The smallest absolute Gasteiger partial charge is 0.341 e. The molecule has 0 spiro atoms. The molecule has 0 fully saturated rings. The molecule has 5 nitrogen and oxygen atoms in total. The van der Waals surface area contributed by atoms with Crippen LogP contribution in [0.3, 0.4) is 0 Å². The van der Waals surface area contributed by atoms with Crippen LogP contribution < -0.4 is 10.1 Å². The van der Waals surface area contributed by atoms with Crippen LogP contribution in [0.25, 0.3) is 0 Å². The molecular weight excluding hydrogens is 330 g/mol. The van der Waals surface area contributed by atoms with Gasteiger partial charge < -0.3 is 15.2 Å². The number of hydrogen-bond donors (Lipinski definition) is 2. The number of rotatable bonds is 9. The molecule has 0 saturated carbocycles. The molecule has 0 radical (unpaired) electrons. The molecule has 2 N–H and O–H groups in total. The number of carboxylic acids is 1. The zero-order chi connectivity index (χ0) is 18.9. The number of ether oxygens (including phenoxy) is 1. The van der Waals surface area contributed by atoms with Crippen molar-refractivity contribution in [1.29, 1.82) is 0 Å². The molecule has 2 aromatic rings. The topological polar surface area (TPSA) is 75.6 Å². The molecule has 0 saturated heterocycles. The highest BCUT2D eigenvalue weighted by Crippen LogP contribution is 2.23. The van der Waals surface area contributed by atoms with Gasteiger partial charge in [0.25, 0.3) is 0 Å². The average molecular weight is 355 g/mol. The minimum Gasteiger partial charge on any atom is -0.482 e. The van der Waals surface area contributed by atoms with Crippen LogP contribution in [0.1, 0.15) is 42.4 Å². The van der Waals surface area contributed by atoms with Gasteiger partial charge in [0.15, 0.2) is 6.61 Å². The highest BCUT2D eigenvalue weighted by Gasteiger charge is 2.14. The normalized spacial score (nSPS) is 11.6. The summed E-state index contributed by atoms with van der Waals surface area (Å²) in [5.74, 6) is -0.356. The van der Waals surface area contributed by atoms with Crippen LogP contribution in [0.2, 0.25) is 0 Å². The van der Waals surface area contributed by atoms with Gasteiger partial charge in [-0.1, -0.05) is 48.9 Å². The molecule has 1 amide bonds. The molecular formula is C21H25NO4. The summed E-state index contributed by atoms with van der Waals surface area (Å²) in [6, 6.07) is 15.4. The van der Waals surface area contributed by atoms with Crippen molar-refractivity contribution in [2.75, 3.05) is 6.61 Å². The molecule has 0 aliphatic rings. The summed E-state index contributed by atoms with van der Waals surface area (Å²) >= 11 is 0. The van der Waals surface area contributed by atoms with E-state index in [2.05, 4.69) is 36.5 Å². The fourth-order valence-electron chi connectivity index (χ4n) is 2.72. The molecule has 1 unspecified atom stereocenters. The Kier molecular flexibility index (Phi) is 7.21. The second kappa shape index (κ2) is 9.61. The quantitative estimate of drug-likeness (QED) is 0.720. The Morgan fingerprint density at radius 1 is 1.15 bits per heavy atom. The first-order valence-electron chi connectivity index (χ1n) is 8.74. The Labute approximate surface area is 154 Å². The van der Waals surface area contributed by atoms with Crippen molar-refractivity contribution in [2.45, 2.75) is 39.2 Å². The van der Waals surface area contributed by atoms with Crippen LogP contribution in [0, 0.1) is 6.92 Å². The number of benzene rings is 2. The first kappa shape index (κ1) is 19.5. The number of aryl methyl sites for hydroxylation is 1. The van der Waals surface area contributed by atoms with E-state index < -0.39 is 5.97 Å². The van der Waals surface area contributed by atoms with Crippen molar-refractivity contribution in [1.82, 2.24) is 5.32 Å². The minimum atomic E-state index is -1.02. The molecule has 26 heavy (non-hydrogen) atoms. The highest BCUT2D eigenvalue weighted by molar-refractivity contribution is 5.76. The Balaban J connectivity index is 1.88. The molecule has 5 heteroatoms. The third-order valence-corrected chi connectivity index (χ3v) is 4.22. The van der Waals surface area contributed by atoms with Crippen molar-refractivity contribution in [3.63, 3.8) is 0 Å². The predicted molar refractivity (Wildman–Crippen MR) is 100 cm³/mol. The van der Waals surface area contributed by atoms with Crippen LogP contribution in [0.5, 0.6) is 5.75 Å². The van der Waals surface area contributed by atoms with E-state index in [0.717, 1.165) is 12.0 Å². The molecule has 0 aliphatic carbocycles. The van der Waals surface area contributed by atoms with E-state index in [-0.39, 0.29) is 18.4 Å². The summed E-state index contributed by atoms with van der Waals surface area (Å²) in [6.45, 7) is 4.13. The fraction of sp³-hybridized carbons (Fsp3) is 0.333. The predicted octanol–water partition coefficient (Wildman–Crippen LogP) is 3.66. The van der Waals surface area contributed by atoms with Crippen LogP contribution in [-0.4, -0.2) is 23.6 Å². The largest absolute Gasteiger partial charge is 0.482 e. The number of nitrogens with one attached hydrogen (secondary N) is 1. The lowest BCUT2D eigenvalue weighted by molar-refractivity contribution is -0.139. The second-order valence-electron chi connectivity index (χ2n) is 6.33. The molecule has 0 bridgehead atoms. The molecule has 2 rings (SSSR count). The lowest BCUT2D eigenvalue weighted by atomic mass is 9.92. The standard InChI is InChI=1S/C21H25NO4/c1-3-17(18-9-7-15(2)8-10-18)12-20(23)22-13-16-5-4-6-19(11-16)26-14-21(24)25/h4-11,17H,3,12-14H2,1-2H3,(H,22,23)(H,24,25). The van der Waals surface area contributed by atoms with Gasteiger partial charge in [0, 0.05) is 13.0 Å². The van der Waals surface area contributed by atoms with Gasteiger partial charge in [-0.05, 0) is 42.5 Å². The molecule has 138 valence electrons. The maximum Gasteiger partial charge on any atom is 0.341 e. The second-order valence-corrected chi connectivity index (χ2v) is 6.33. The summed E-state index contributed by atoms with van der Waals surface area (Å²) in [5.41, 5.74) is 3.25. The number of carbonyl (C=O) groups excluding carboxylic acids is 1. The Morgan fingerprint density at radius 2 is 1.88 bits per heavy atom. The summed E-state index contributed by atoms with van der Waals surface area (Å²) in [7, 11) is 0. The average Bonchev–Trinajstić information content (AvgIpc) is 2.64. The third-order valence-electron chi connectivity index (χ3n) is 4.22. The molecule has 0 heterocycles. The number of amides is 1. The maximum atomic E-state index is 12.3. The lowest BCUT2D eigenvalue weighted by Gasteiger charge is -2.15. The van der Waals surface area contributed by atoms with Gasteiger partial charge in [-0.15, -0.1) is 0 Å². The van der Waals surface area contributed by atoms with Gasteiger partial charge in [-0.25, -0.2) is 4.79 Å². The van der Waals surface area contributed by atoms with Gasteiger partial charge in [0.2, 0.25) is 5.91 Å². The summed E-state index contributed by atoms with van der Waals surface area (Å²) in [4.78, 5) is 22.9. The first-order valence-corrected chi connectivity index (χ1v) is 8.74. The lowest BCUT2D eigenvalue weighted by Crippen LogP contribution is -2.24. The monoisotopic (exact) mass is 355 g/mol. The zero-order valence-corrected chi connectivity index (χ0v) is 15.2. The summed E-state index contributed by atoms with van der Waals surface area (Å²) in [6.07, 6.45) is 1.34. The van der Waals surface area contributed by atoms with Crippen molar-refractivity contribution < 1.29 is 19.4 Å². The number of carbonyl (C=O) groups is 2. The van der Waals surface area contributed by atoms with Gasteiger partial charge in [0.05, 0.1) is 0 Å². The first-order chi connectivity index (χ1) is 12.5. The van der Waals surface area contributed by atoms with Crippen molar-refractivity contribution >= 4 is 11.9 Å². The van der Waals surface area contributed by atoms with E-state index in [1.165, 1.54) is 11.1 Å². The van der Waals surface area contributed by atoms with Gasteiger partial charge in [0.1, 0.15) is 5.75 Å². The molecule has 1 atom stereocenters. The molecule has 2 aromatic carbocycles. The van der Waals surface area contributed by atoms with Crippen LogP contribution in [0.4, 0.5) is 0 Å². The van der Waals surface area contributed by atoms with Gasteiger partial charge >= 0.3 is 5.97 Å². The Hall–Kier alpha value is -2.82. The third kappa shape index (κ3) is 6.24. The number of aliphatic carboxylic acids is 1. The van der Waals surface area contributed by atoms with E-state index in [1.807, 2.05) is 13.0 Å². The number of hydrogen-bond acceptors (Lipinski definition) is 3. The van der Waals surface area contributed by atoms with E-state index in [0.29, 0.717) is 18.7 Å². The molecule has 0 aliphatic heterocycles. The molecule has 0 aromatic heterocycles. The van der Waals surface area contributed by atoms with Gasteiger partial charge in [-0.2, -0.15) is 0 Å². The van der Waals surface area contributed by atoms with Crippen LogP contribution in [0.15, 0.2) is 48.5 Å². The summed E-state index contributed by atoms with van der Waals surface area (Å²) < 4.78 is 5.15. The highest BCUT2D eigenvalue weighted by atomic mass is 16.5. The SMILES string of the molecule is CCC(CC(=O)NCc1cccc(OCC(=O)O)c1)c1ccc(C)cc1. The Bertz CT molecular complexity index is 740. The van der Waals surface area contributed by atoms with Crippen molar-refractivity contribution in [3.8, 4) is 5.75 Å². The van der Waals surface area contributed by atoms with Crippen molar-refractivity contribution in [3.05, 3.63) is 65.2 Å². The van der Waals surface area contributed by atoms with Gasteiger partial charge in [-0.3, -0.25) is 4.79 Å². The van der Waals surface area contributed by atoms with Crippen LogP contribution >= 0.6 is 0 Å². The summed E-state index contributed by atoms with van der Waals surface area (Å²) in [5, 5.41) is 11.6. The van der Waals surface area contributed by atoms with E-state index in [9.17, 15) is 9.59 Å². The van der Waals surface area contributed by atoms with Crippen LogP contribution in [-0.2, 0) is 16.1 Å². The fourth-order valence-corrected chi connectivity index (χ4v) is 2.72. The van der Waals surface area contributed by atoms with E-state index in [4.69, 9.17) is 9.84 Å².